The van der Waals surface area contributed by atoms with Gasteiger partial charge in [-0.1, -0.05) is 6.92 Å². The van der Waals surface area contributed by atoms with Gasteiger partial charge in [0.1, 0.15) is 10.9 Å². The summed E-state index contributed by atoms with van der Waals surface area (Å²) in [6.45, 7) is 5.40. The van der Waals surface area contributed by atoms with Crippen LogP contribution < -0.4 is 5.32 Å². The van der Waals surface area contributed by atoms with Crippen LogP contribution in [0.3, 0.4) is 0 Å². The number of carbonyl (C=O) groups is 2. The molecule has 7 heteroatoms. The van der Waals surface area contributed by atoms with Crippen LogP contribution in [0, 0.1) is 19.8 Å². The van der Waals surface area contributed by atoms with Crippen LogP contribution in [-0.4, -0.2) is 39.8 Å². The van der Waals surface area contributed by atoms with E-state index in [0.29, 0.717) is 28.5 Å². The Morgan fingerprint density at radius 3 is 2.50 bits per heavy atom. The summed E-state index contributed by atoms with van der Waals surface area (Å²) in [5, 5.41) is 12.2. The van der Waals surface area contributed by atoms with Gasteiger partial charge in [-0.3, -0.25) is 9.59 Å². The lowest BCUT2D eigenvalue weighted by Gasteiger charge is -2.13. The predicted molar refractivity (Wildman–Crippen MR) is 77.0 cm³/mol. The van der Waals surface area contributed by atoms with Crippen molar-refractivity contribution in [2.24, 2.45) is 5.92 Å². The van der Waals surface area contributed by atoms with Gasteiger partial charge in [-0.15, -0.1) is 11.8 Å². The van der Waals surface area contributed by atoms with Gasteiger partial charge in [0.15, 0.2) is 0 Å². The monoisotopic (exact) mass is 297 g/mol. The Kier molecular flexibility index (Phi) is 5.94. The van der Waals surface area contributed by atoms with E-state index in [4.69, 9.17) is 5.11 Å². The Hall–Kier alpha value is -1.63. The van der Waals surface area contributed by atoms with E-state index in [0.717, 1.165) is 0 Å². The zero-order valence-corrected chi connectivity index (χ0v) is 12.9. The molecule has 20 heavy (non-hydrogen) atoms. The number of carboxylic acids is 1. The molecule has 1 aromatic heterocycles. The summed E-state index contributed by atoms with van der Waals surface area (Å²) in [6.07, 6.45) is 2.30. The van der Waals surface area contributed by atoms with Crippen LogP contribution in [0.2, 0.25) is 0 Å². The van der Waals surface area contributed by atoms with Crippen molar-refractivity contribution in [2.75, 3.05) is 12.8 Å². The molecule has 1 unspecified atom stereocenters. The fourth-order valence-electron chi connectivity index (χ4n) is 1.80. The Morgan fingerprint density at radius 1 is 1.35 bits per heavy atom. The van der Waals surface area contributed by atoms with Crippen LogP contribution in [0.5, 0.6) is 0 Å². The zero-order valence-electron chi connectivity index (χ0n) is 12.1. The van der Waals surface area contributed by atoms with Gasteiger partial charge < -0.3 is 10.4 Å². The summed E-state index contributed by atoms with van der Waals surface area (Å²) < 4.78 is 0. The van der Waals surface area contributed by atoms with Gasteiger partial charge in [0.2, 0.25) is 0 Å². The number of aliphatic carboxylic acids is 1. The minimum Gasteiger partial charge on any atom is -0.481 e. The molecular formula is C13H19N3O3S. The van der Waals surface area contributed by atoms with Crippen molar-refractivity contribution in [2.45, 2.75) is 32.2 Å². The topological polar surface area (TPSA) is 92.2 Å². The zero-order chi connectivity index (χ0) is 15.3. The van der Waals surface area contributed by atoms with Gasteiger partial charge in [0.25, 0.3) is 5.91 Å². The first-order valence-corrected chi connectivity index (χ1v) is 7.53. The van der Waals surface area contributed by atoms with Gasteiger partial charge in [0, 0.05) is 6.54 Å². The number of aryl methyl sites for hydroxylation is 2. The number of carboxylic acid groups (broad SMARTS) is 1. The van der Waals surface area contributed by atoms with E-state index < -0.39 is 11.9 Å². The number of thioether (sulfide) groups is 1. The van der Waals surface area contributed by atoms with E-state index in [1.807, 2.05) is 6.26 Å². The van der Waals surface area contributed by atoms with E-state index in [1.165, 1.54) is 11.8 Å². The third-order valence-electron chi connectivity index (χ3n) is 2.94. The molecule has 0 aromatic carbocycles. The molecular weight excluding hydrogens is 278 g/mol. The third-order valence-corrected chi connectivity index (χ3v) is 3.62. The van der Waals surface area contributed by atoms with Crippen molar-refractivity contribution in [1.29, 1.82) is 0 Å². The fourth-order valence-corrected chi connectivity index (χ4v) is 2.47. The van der Waals surface area contributed by atoms with Crippen molar-refractivity contribution in [3.05, 3.63) is 17.1 Å². The number of carbonyl (C=O) groups excluding carboxylic acids is 1. The first kappa shape index (κ1) is 16.4. The standard InChI is InChI=1S/C13H19N3O3S/c1-5-9(13(18)19)6-14-11(17)10-7(2)15-8(3)16-12(10)20-4/h9H,5-6H2,1-4H3,(H,14,17)(H,18,19). The molecule has 0 aliphatic carbocycles. The summed E-state index contributed by atoms with van der Waals surface area (Å²) >= 11 is 1.37. The van der Waals surface area contributed by atoms with E-state index in [-0.39, 0.29) is 12.5 Å². The summed E-state index contributed by atoms with van der Waals surface area (Å²) in [7, 11) is 0. The Bertz CT molecular complexity index is 520. The minimum atomic E-state index is -0.908. The number of nitrogens with zero attached hydrogens (tertiary/aromatic N) is 2. The van der Waals surface area contributed by atoms with Crippen molar-refractivity contribution in [3.8, 4) is 0 Å². The van der Waals surface area contributed by atoms with Crippen LogP contribution in [0.4, 0.5) is 0 Å². The van der Waals surface area contributed by atoms with Gasteiger partial charge in [-0.2, -0.15) is 0 Å². The molecule has 1 amide bonds. The molecule has 0 aliphatic rings. The van der Waals surface area contributed by atoms with Gasteiger partial charge in [-0.25, -0.2) is 9.97 Å². The predicted octanol–water partition coefficient (Wildman–Crippen LogP) is 1.66. The highest BCUT2D eigenvalue weighted by molar-refractivity contribution is 7.98. The molecule has 0 fully saturated rings. The molecule has 1 heterocycles. The lowest BCUT2D eigenvalue weighted by molar-refractivity contribution is -0.141. The summed E-state index contributed by atoms with van der Waals surface area (Å²) in [4.78, 5) is 31.6. The number of rotatable bonds is 6. The van der Waals surface area contributed by atoms with Crippen LogP contribution in [0.15, 0.2) is 5.03 Å². The Morgan fingerprint density at radius 2 is 2.00 bits per heavy atom. The lowest BCUT2D eigenvalue weighted by atomic mass is 10.1. The highest BCUT2D eigenvalue weighted by atomic mass is 32.2. The molecule has 0 aliphatic heterocycles. The molecule has 0 spiro atoms. The molecule has 0 radical (unpaired) electrons. The van der Waals surface area contributed by atoms with Crippen molar-refractivity contribution in [1.82, 2.24) is 15.3 Å². The van der Waals surface area contributed by atoms with E-state index in [2.05, 4.69) is 15.3 Å². The molecule has 1 aromatic rings. The summed E-state index contributed by atoms with van der Waals surface area (Å²) in [5.41, 5.74) is 1.02. The number of hydrogen-bond acceptors (Lipinski definition) is 5. The van der Waals surface area contributed by atoms with E-state index in [1.54, 1.807) is 20.8 Å². The maximum absolute atomic E-state index is 12.2. The van der Waals surface area contributed by atoms with Crippen LogP contribution >= 0.6 is 11.8 Å². The summed E-state index contributed by atoms with van der Waals surface area (Å²) in [5.74, 6) is -1.20. The van der Waals surface area contributed by atoms with E-state index >= 15 is 0 Å². The highest BCUT2D eigenvalue weighted by Crippen LogP contribution is 2.20. The quantitative estimate of drug-likeness (QED) is 0.613. The van der Waals surface area contributed by atoms with E-state index in [9.17, 15) is 9.59 Å². The maximum Gasteiger partial charge on any atom is 0.308 e. The Labute approximate surface area is 122 Å². The van der Waals surface area contributed by atoms with Crippen LogP contribution in [0.1, 0.15) is 35.2 Å². The number of nitrogens with one attached hydrogen (secondary N) is 1. The van der Waals surface area contributed by atoms with Crippen molar-refractivity contribution >= 4 is 23.6 Å². The van der Waals surface area contributed by atoms with Crippen LogP contribution in [-0.2, 0) is 4.79 Å². The number of aromatic nitrogens is 2. The molecule has 0 saturated carbocycles. The lowest BCUT2D eigenvalue weighted by Crippen LogP contribution is -2.33. The smallest absolute Gasteiger partial charge is 0.308 e. The van der Waals surface area contributed by atoms with Gasteiger partial charge in [0.05, 0.1) is 17.2 Å². The average Bonchev–Trinajstić information content (AvgIpc) is 2.37. The van der Waals surface area contributed by atoms with Crippen LogP contribution in [0.25, 0.3) is 0 Å². The highest BCUT2D eigenvalue weighted by Gasteiger charge is 2.20. The number of amides is 1. The average molecular weight is 297 g/mol. The SMILES string of the molecule is CCC(CNC(=O)c1c(C)nc(C)nc1SC)C(=O)O. The largest absolute Gasteiger partial charge is 0.481 e. The van der Waals surface area contributed by atoms with Crippen molar-refractivity contribution in [3.63, 3.8) is 0 Å². The second kappa shape index (κ2) is 7.23. The second-order valence-corrected chi connectivity index (χ2v) is 5.19. The van der Waals surface area contributed by atoms with Gasteiger partial charge in [-0.05, 0) is 26.5 Å². The molecule has 110 valence electrons. The molecule has 6 nitrogen and oxygen atoms in total. The fraction of sp³-hybridized carbons (Fsp3) is 0.538. The first-order chi connectivity index (χ1) is 9.40. The van der Waals surface area contributed by atoms with Gasteiger partial charge >= 0.3 is 5.97 Å². The molecule has 0 saturated heterocycles. The second-order valence-electron chi connectivity index (χ2n) is 4.39. The third kappa shape index (κ3) is 3.93. The molecule has 2 N–H and O–H groups in total. The maximum atomic E-state index is 12.2. The normalized spacial score (nSPS) is 12.0. The molecule has 1 atom stereocenters. The molecule has 0 bridgehead atoms. The Balaban J connectivity index is 2.90. The molecule has 1 rings (SSSR count). The minimum absolute atomic E-state index is 0.103. The summed E-state index contributed by atoms with van der Waals surface area (Å²) in [6, 6.07) is 0. The van der Waals surface area contributed by atoms with Crippen molar-refractivity contribution < 1.29 is 14.7 Å². The first-order valence-electron chi connectivity index (χ1n) is 6.30. The number of hydrogen-bond donors (Lipinski definition) is 2.